The lowest BCUT2D eigenvalue weighted by molar-refractivity contribution is -0.138. The van der Waals surface area contributed by atoms with Gasteiger partial charge >= 0.3 is 0 Å². The number of aromatic nitrogens is 1. The fourth-order valence-electron chi connectivity index (χ4n) is 3.21. The van der Waals surface area contributed by atoms with Crippen LogP contribution in [0, 0.1) is 5.92 Å². The van der Waals surface area contributed by atoms with E-state index in [1.807, 2.05) is 24.4 Å². The SMILES string of the molecule is CCCC(C)C(=O)N(Cc1ccccn1)C1CCCNCC1.Cl. The van der Waals surface area contributed by atoms with Gasteiger partial charge in [0.1, 0.15) is 0 Å². The number of hydrogen-bond donors (Lipinski definition) is 1. The number of rotatable bonds is 6. The van der Waals surface area contributed by atoms with Crippen molar-refractivity contribution in [2.45, 2.75) is 58.5 Å². The number of carbonyl (C=O) groups excluding carboxylic acids is 1. The Morgan fingerprint density at radius 3 is 2.91 bits per heavy atom. The monoisotopic (exact) mass is 339 g/mol. The Balaban J connectivity index is 0.00000264. The van der Waals surface area contributed by atoms with E-state index in [2.05, 4.69) is 29.0 Å². The molecule has 1 saturated heterocycles. The number of pyridine rings is 1. The Kier molecular flexibility index (Phi) is 9.19. The van der Waals surface area contributed by atoms with Crippen molar-refractivity contribution in [1.82, 2.24) is 15.2 Å². The molecule has 1 aliphatic heterocycles. The zero-order valence-electron chi connectivity index (χ0n) is 14.3. The van der Waals surface area contributed by atoms with Gasteiger partial charge in [0, 0.05) is 18.2 Å². The lowest BCUT2D eigenvalue weighted by Crippen LogP contribution is -2.43. The molecule has 1 aromatic heterocycles. The number of hydrogen-bond acceptors (Lipinski definition) is 3. The highest BCUT2D eigenvalue weighted by molar-refractivity contribution is 5.85. The van der Waals surface area contributed by atoms with Crippen molar-refractivity contribution in [3.05, 3.63) is 30.1 Å². The lowest BCUT2D eigenvalue weighted by atomic mass is 10.0. The first kappa shape index (κ1) is 19.9. The fourth-order valence-corrected chi connectivity index (χ4v) is 3.21. The molecule has 0 saturated carbocycles. The molecular formula is C18H30ClN3O. The number of nitrogens with zero attached hydrogens (tertiary/aromatic N) is 2. The third-order valence-electron chi connectivity index (χ3n) is 4.47. The Hall–Kier alpha value is -1.13. The molecule has 2 unspecified atom stereocenters. The van der Waals surface area contributed by atoms with E-state index in [1.165, 1.54) is 0 Å². The topological polar surface area (TPSA) is 45.2 Å². The quantitative estimate of drug-likeness (QED) is 0.863. The van der Waals surface area contributed by atoms with Gasteiger partial charge in [0.05, 0.1) is 12.2 Å². The molecule has 1 amide bonds. The summed E-state index contributed by atoms with van der Waals surface area (Å²) in [6.45, 7) is 6.90. The Labute approximate surface area is 146 Å². The van der Waals surface area contributed by atoms with Crippen LogP contribution >= 0.6 is 12.4 Å². The summed E-state index contributed by atoms with van der Waals surface area (Å²) in [4.78, 5) is 19.4. The molecule has 2 atom stereocenters. The van der Waals surface area contributed by atoms with E-state index in [9.17, 15) is 4.79 Å². The first-order chi connectivity index (χ1) is 10.7. The van der Waals surface area contributed by atoms with Crippen molar-refractivity contribution in [2.75, 3.05) is 13.1 Å². The van der Waals surface area contributed by atoms with Gasteiger partial charge in [0.15, 0.2) is 0 Å². The van der Waals surface area contributed by atoms with Crippen molar-refractivity contribution in [3.8, 4) is 0 Å². The molecule has 1 N–H and O–H groups in total. The summed E-state index contributed by atoms with van der Waals surface area (Å²) in [6, 6.07) is 6.27. The summed E-state index contributed by atoms with van der Waals surface area (Å²) < 4.78 is 0. The first-order valence-corrected chi connectivity index (χ1v) is 8.63. The number of carbonyl (C=O) groups is 1. The summed E-state index contributed by atoms with van der Waals surface area (Å²) in [5.74, 6) is 0.393. The highest BCUT2D eigenvalue weighted by Crippen LogP contribution is 2.20. The molecule has 1 aliphatic rings. The molecule has 0 spiro atoms. The number of amides is 1. The predicted molar refractivity (Wildman–Crippen MR) is 96.6 cm³/mol. The molecule has 0 aromatic carbocycles. The largest absolute Gasteiger partial charge is 0.334 e. The first-order valence-electron chi connectivity index (χ1n) is 8.63. The number of halogens is 1. The lowest BCUT2D eigenvalue weighted by Gasteiger charge is -2.33. The van der Waals surface area contributed by atoms with Crippen LogP contribution < -0.4 is 5.32 Å². The molecule has 2 rings (SSSR count). The van der Waals surface area contributed by atoms with Gasteiger partial charge < -0.3 is 10.2 Å². The van der Waals surface area contributed by atoms with Crippen molar-refractivity contribution in [2.24, 2.45) is 5.92 Å². The number of nitrogens with one attached hydrogen (secondary N) is 1. The van der Waals surface area contributed by atoms with Gasteiger partial charge in [-0.15, -0.1) is 12.4 Å². The van der Waals surface area contributed by atoms with E-state index in [4.69, 9.17) is 0 Å². The molecule has 0 bridgehead atoms. The molecule has 23 heavy (non-hydrogen) atoms. The maximum absolute atomic E-state index is 12.9. The minimum absolute atomic E-state index is 0. The van der Waals surface area contributed by atoms with Crippen LogP contribution in [0.15, 0.2) is 24.4 Å². The highest BCUT2D eigenvalue weighted by Gasteiger charge is 2.27. The van der Waals surface area contributed by atoms with Crippen molar-refractivity contribution < 1.29 is 4.79 Å². The van der Waals surface area contributed by atoms with E-state index < -0.39 is 0 Å². The average molecular weight is 340 g/mol. The van der Waals surface area contributed by atoms with E-state index in [0.29, 0.717) is 18.5 Å². The molecule has 4 nitrogen and oxygen atoms in total. The van der Waals surface area contributed by atoms with Crippen LogP contribution in [0.1, 0.15) is 51.6 Å². The fraction of sp³-hybridized carbons (Fsp3) is 0.667. The third-order valence-corrected chi connectivity index (χ3v) is 4.47. The van der Waals surface area contributed by atoms with Crippen molar-refractivity contribution in [1.29, 1.82) is 0 Å². The summed E-state index contributed by atoms with van der Waals surface area (Å²) in [7, 11) is 0. The van der Waals surface area contributed by atoms with Gasteiger partial charge in [-0.05, 0) is 50.9 Å². The standard InChI is InChI=1S/C18H29N3O.ClH/c1-3-7-15(2)18(22)21(14-16-8-4-5-12-20-16)17-9-6-11-19-13-10-17;/h4-5,8,12,15,17,19H,3,6-7,9-11,13-14H2,1-2H3;1H. The Morgan fingerprint density at radius 1 is 1.39 bits per heavy atom. The van der Waals surface area contributed by atoms with Gasteiger partial charge in [-0.2, -0.15) is 0 Å². The van der Waals surface area contributed by atoms with E-state index in [0.717, 1.165) is 50.9 Å². The van der Waals surface area contributed by atoms with Gasteiger partial charge in [-0.1, -0.05) is 26.3 Å². The summed E-state index contributed by atoms with van der Waals surface area (Å²) >= 11 is 0. The molecule has 0 radical (unpaired) electrons. The molecule has 130 valence electrons. The molecular weight excluding hydrogens is 310 g/mol. The van der Waals surface area contributed by atoms with Crippen LogP contribution in [-0.2, 0) is 11.3 Å². The zero-order chi connectivity index (χ0) is 15.8. The van der Waals surface area contributed by atoms with Crippen LogP contribution in [0.25, 0.3) is 0 Å². The van der Waals surface area contributed by atoms with Gasteiger partial charge in [0.2, 0.25) is 5.91 Å². The minimum atomic E-state index is 0. The molecule has 5 heteroatoms. The van der Waals surface area contributed by atoms with Crippen LogP contribution in [0.3, 0.4) is 0 Å². The van der Waals surface area contributed by atoms with Crippen LogP contribution in [0.4, 0.5) is 0 Å². The second kappa shape index (κ2) is 10.6. The van der Waals surface area contributed by atoms with Crippen LogP contribution in [0.5, 0.6) is 0 Å². The van der Waals surface area contributed by atoms with Crippen molar-refractivity contribution >= 4 is 18.3 Å². The molecule has 0 aliphatic carbocycles. The summed E-state index contributed by atoms with van der Waals surface area (Å²) in [5.41, 5.74) is 0.983. The zero-order valence-corrected chi connectivity index (χ0v) is 15.1. The highest BCUT2D eigenvalue weighted by atomic mass is 35.5. The van der Waals surface area contributed by atoms with Crippen LogP contribution in [0.2, 0.25) is 0 Å². The van der Waals surface area contributed by atoms with Crippen LogP contribution in [-0.4, -0.2) is 34.9 Å². The van der Waals surface area contributed by atoms with E-state index in [-0.39, 0.29) is 18.3 Å². The predicted octanol–water partition coefficient (Wildman–Crippen LogP) is 3.41. The maximum Gasteiger partial charge on any atom is 0.226 e. The minimum Gasteiger partial charge on any atom is -0.334 e. The average Bonchev–Trinajstić information content (AvgIpc) is 2.82. The second-order valence-corrected chi connectivity index (χ2v) is 6.31. The maximum atomic E-state index is 12.9. The third kappa shape index (κ3) is 6.11. The summed E-state index contributed by atoms with van der Waals surface area (Å²) in [6.07, 6.45) is 7.09. The molecule has 1 aromatic rings. The smallest absolute Gasteiger partial charge is 0.226 e. The van der Waals surface area contributed by atoms with Gasteiger partial charge in [-0.25, -0.2) is 0 Å². The second-order valence-electron chi connectivity index (χ2n) is 6.31. The molecule has 1 fully saturated rings. The van der Waals surface area contributed by atoms with E-state index in [1.54, 1.807) is 0 Å². The van der Waals surface area contributed by atoms with Gasteiger partial charge in [-0.3, -0.25) is 9.78 Å². The Bertz CT molecular complexity index is 447. The molecule has 2 heterocycles. The summed E-state index contributed by atoms with van der Waals surface area (Å²) in [5, 5.41) is 3.44. The Morgan fingerprint density at radius 2 is 2.22 bits per heavy atom. The van der Waals surface area contributed by atoms with E-state index >= 15 is 0 Å². The van der Waals surface area contributed by atoms with Crippen molar-refractivity contribution in [3.63, 3.8) is 0 Å². The normalized spacial score (nSPS) is 19.3. The van der Waals surface area contributed by atoms with Gasteiger partial charge in [0.25, 0.3) is 0 Å².